The first-order valence-electron chi connectivity index (χ1n) is 9.84. The molecule has 0 fully saturated rings. The zero-order valence-corrected chi connectivity index (χ0v) is 18.5. The number of rotatable bonds is 10. The molecule has 1 amide bonds. The Morgan fingerprint density at radius 1 is 1.14 bits per heavy atom. The normalized spacial score (nSPS) is 11.5. The Bertz CT molecular complexity index is 788. The maximum absolute atomic E-state index is 12.2. The molecule has 2 rings (SSSR count). The summed E-state index contributed by atoms with van der Waals surface area (Å²) in [4.78, 5) is 12.2. The van der Waals surface area contributed by atoms with Crippen molar-refractivity contribution in [3.05, 3.63) is 64.1 Å². The van der Waals surface area contributed by atoms with Gasteiger partial charge in [0.1, 0.15) is 5.75 Å². The lowest BCUT2D eigenvalue weighted by molar-refractivity contribution is -0.123. The summed E-state index contributed by atoms with van der Waals surface area (Å²) in [6.45, 7) is 6.36. The van der Waals surface area contributed by atoms with Gasteiger partial charge in [-0.15, -0.1) is 0 Å². The van der Waals surface area contributed by atoms with Crippen LogP contribution < -0.4 is 10.2 Å². The molecule has 0 aromatic heterocycles. The van der Waals surface area contributed by atoms with Crippen molar-refractivity contribution < 1.29 is 9.53 Å². The number of carbonyl (C=O) groups excluding carboxylic acids is 1. The van der Waals surface area contributed by atoms with Crippen LogP contribution in [0.4, 0.5) is 0 Å². The molecule has 28 heavy (non-hydrogen) atoms. The highest BCUT2D eigenvalue weighted by Gasteiger charge is 2.09. The van der Waals surface area contributed by atoms with E-state index in [9.17, 15) is 4.79 Å². The zero-order chi connectivity index (χ0) is 20.4. The van der Waals surface area contributed by atoms with E-state index in [4.69, 9.17) is 4.74 Å². The Hall–Kier alpha value is -2.14. The smallest absolute Gasteiger partial charge is 0.277 e. The van der Waals surface area contributed by atoms with Crippen LogP contribution in [0, 0.1) is 0 Å². The standard InChI is InChI=1S/C23H29BrN2O2/c1-4-5-7-12-21(18-10-8-6-9-11-18)25-26-23(27)16-28-22-14-13-19(17(2)3)15-20(22)24/h6,8-11,13-15,17H,4-5,7,12,16H2,1-3H3,(H,26,27). The summed E-state index contributed by atoms with van der Waals surface area (Å²) in [6, 6.07) is 15.9. The molecule has 0 saturated carbocycles. The van der Waals surface area contributed by atoms with Gasteiger partial charge in [-0.3, -0.25) is 4.79 Å². The van der Waals surface area contributed by atoms with Crippen LogP contribution in [-0.4, -0.2) is 18.2 Å². The Morgan fingerprint density at radius 3 is 2.54 bits per heavy atom. The summed E-state index contributed by atoms with van der Waals surface area (Å²) in [7, 11) is 0. The average Bonchev–Trinajstić information content (AvgIpc) is 2.70. The monoisotopic (exact) mass is 444 g/mol. The van der Waals surface area contributed by atoms with E-state index in [2.05, 4.69) is 47.2 Å². The van der Waals surface area contributed by atoms with Crippen molar-refractivity contribution in [2.24, 2.45) is 5.10 Å². The lowest BCUT2D eigenvalue weighted by atomic mass is 10.0. The molecule has 150 valence electrons. The van der Waals surface area contributed by atoms with E-state index in [1.165, 1.54) is 5.56 Å². The molecule has 0 spiro atoms. The van der Waals surface area contributed by atoms with E-state index >= 15 is 0 Å². The van der Waals surface area contributed by atoms with Crippen LogP contribution in [0.25, 0.3) is 0 Å². The fourth-order valence-electron chi connectivity index (χ4n) is 2.74. The van der Waals surface area contributed by atoms with Crippen molar-refractivity contribution in [3.63, 3.8) is 0 Å². The van der Waals surface area contributed by atoms with E-state index in [1.54, 1.807) is 0 Å². The zero-order valence-electron chi connectivity index (χ0n) is 16.9. The summed E-state index contributed by atoms with van der Waals surface area (Å²) in [5.74, 6) is 0.811. The largest absolute Gasteiger partial charge is 0.483 e. The quantitative estimate of drug-likeness (QED) is 0.275. The van der Waals surface area contributed by atoms with Crippen molar-refractivity contribution in [1.82, 2.24) is 5.43 Å². The number of hydrogen-bond donors (Lipinski definition) is 1. The number of benzene rings is 2. The molecule has 2 aromatic carbocycles. The second-order valence-electron chi connectivity index (χ2n) is 7.05. The number of unbranched alkanes of at least 4 members (excludes halogenated alkanes) is 2. The fourth-order valence-corrected chi connectivity index (χ4v) is 3.25. The maximum atomic E-state index is 12.2. The molecule has 2 aromatic rings. The van der Waals surface area contributed by atoms with Crippen LogP contribution in [0.5, 0.6) is 5.75 Å². The molecule has 1 N–H and O–H groups in total. The van der Waals surface area contributed by atoms with Gasteiger partial charge in [-0.25, -0.2) is 5.43 Å². The van der Waals surface area contributed by atoms with E-state index in [0.29, 0.717) is 11.7 Å². The second-order valence-corrected chi connectivity index (χ2v) is 7.90. The van der Waals surface area contributed by atoms with Crippen molar-refractivity contribution >= 4 is 27.5 Å². The van der Waals surface area contributed by atoms with Crippen molar-refractivity contribution in [3.8, 4) is 5.75 Å². The van der Waals surface area contributed by atoms with E-state index in [0.717, 1.165) is 41.4 Å². The van der Waals surface area contributed by atoms with Gasteiger partial charge in [-0.1, -0.05) is 70.0 Å². The highest BCUT2D eigenvalue weighted by atomic mass is 79.9. The minimum atomic E-state index is -0.274. The number of hydrogen-bond acceptors (Lipinski definition) is 3. The van der Waals surface area contributed by atoms with Crippen molar-refractivity contribution in [2.45, 2.75) is 52.4 Å². The summed E-state index contributed by atoms with van der Waals surface area (Å²) in [5.41, 5.74) is 5.78. The van der Waals surface area contributed by atoms with Crippen LogP contribution in [0.2, 0.25) is 0 Å². The van der Waals surface area contributed by atoms with E-state index in [-0.39, 0.29) is 12.5 Å². The van der Waals surface area contributed by atoms with Crippen LogP contribution in [0.3, 0.4) is 0 Å². The number of amides is 1. The molecule has 0 saturated heterocycles. The van der Waals surface area contributed by atoms with Crippen LogP contribution >= 0.6 is 15.9 Å². The lowest BCUT2D eigenvalue weighted by Crippen LogP contribution is -2.26. The molecular weight excluding hydrogens is 416 g/mol. The number of ether oxygens (including phenoxy) is 1. The molecule has 0 aliphatic carbocycles. The number of halogens is 1. The molecular formula is C23H29BrN2O2. The Kier molecular flexibility index (Phi) is 9.21. The summed E-state index contributed by atoms with van der Waals surface area (Å²) < 4.78 is 6.49. The van der Waals surface area contributed by atoms with Gasteiger partial charge in [0.05, 0.1) is 10.2 Å². The molecule has 0 unspecified atom stereocenters. The third-order valence-electron chi connectivity index (χ3n) is 4.42. The number of hydrazone groups is 1. The maximum Gasteiger partial charge on any atom is 0.277 e. The van der Waals surface area contributed by atoms with Crippen LogP contribution in [0.1, 0.15) is 63.5 Å². The molecule has 0 aliphatic rings. The highest BCUT2D eigenvalue weighted by molar-refractivity contribution is 9.10. The Morgan fingerprint density at radius 2 is 1.89 bits per heavy atom. The Labute approximate surface area is 176 Å². The van der Waals surface area contributed by atoms with E-state index < -0.39 is 0 Å². The first-order chi connectivity index (χ1) is 13.5. The highest BCUT2D eigenvalue weighted by Crippen LogP contribution is 2.28. The average molecular weight is 445 g/mol. The third-order valence-corrected chi connectivity index (χ3v) is 5.04. The summed E-state index contributed by atoms with van der Waals surface area (Å²) >= 11 is 3.51. The molecule has 5 heteroatoms. The summed E-state index contributed by atoms with van der Waals surface area (Å²) in [6.07, 6.45) is 4.17. The first kappa shape index (κ1) is 22.2. The lowest BCUT2D eigenvalue weighted by Gasteiger charge is -2.11. The first-order valence-corrected chi connectivity index (χ1v) is 10.6. The minimum absolute atomic E-state index is 0.0832. The van der Waals surface area contributed by atoms with Crippen molar-refractivity contribution in [1.29, 1.82) is 0 Å². The van der Waals surface area contributed by atoms with Gasteiger partial charge < -0.3 is 4.74 Å². The van der Waals surface area contributed by atoms with Gasteiger partial charge in [-0.2, -0.15) is 5.10 Å². The molecule has 0 atom stereocenters. The van der Waals surface area contributed by atoms with Crippen molar-refractivity contribution in [2.75, 3.05) is 6.61 Å². The Balaban J connectivity index is 1.96. The van der Waals surface area contributed by atoms with Crippen LogP contribution in [0.15, 0.2) is 58.1 Å². The van der Waals surface area contributed by atoms with Gasteiger partial charge in [0.25, 0.3) is 5.91 Å². The molecule has 4 nitrogen and oxygen atoms in total. The van der Waals surface area contributed by atoms with E-state index in [1.807, 2.05) is 48.5 Å². The SMILES string of the molecule is CCCCCC(=NNC(=O)COc1ccc(C(C)C)cc1Br)c1ccccc1. The molecule has 0 radical (unpaired) electrons. The molecule has 0 heterocycles. The van der Waals surface area contributed by atoms with Crippen LogP contribution in [-0.2, 0) is 4.79 Å². The number of nitrogens with one attached hydrogen (secondary N) is 1. The molecule has 0 bridgehead atoms. The number of carbonyl (C=O) groups is 1. The van der Waals surface area contributed by atoms with Gasteiger partial charge in [0.2, 0.25) is 0 Å². The predicted octanol–water partition coefficient (Wildman–Crippen LogP) is 6.05. The van der Waals surface area contributed by atoms with Gasteiger partial charge in [-0.05, 0) is 57.9 Å². The summed E-state index contributed by atoms with van der Waals surface area (Å²) in [5, 5.41) is 4.36. The predicted molar refractivity (Wildman–Crippen MR) is 119 cm³/mol. The van der Waals surface area contributed by atoms with Gasteiger partial charge in [0.15, 0.2) is 6.61 Å². The molecule has 0 aliphatic heterocycles. The topological polar surface area (TPSA) is 50.7 Å². The number of nitrogens with zero attached hydrogens (tertiary/aromatic N) is 1. The second kappa shape index (κ2) is 11.6. The van der Waals surface area contributed by atoms with Gasteiger partial charge >= 0.3 is 0 Å². The van der Waals surface area contributed by atoms with Gasteiger partial charge in [0, 0.05) is 0 Å². The minimum Gasteiger partial charge on any atom is -0.483 e. The third kappa shape index (κ3) is 7.12. The fraction of sp³-hybridized carbons (Fsp3) is 0.391.